The molecule has 35 heavy (non-hydrogen) atoms. The van der Waals surface area contributed by atoms with Crippen LogP contribution in [-0.4, -0.2) is 61.0 Å². The van der Waals surface area contributed by atoms with E-state index < -0.39 is 46.8 Å². The lowest BCUT2D eigenvalue weighted by Crippen LogP contribution is -2.66. The summed E-state index contributed by atoms with van der Waals surface area (Å²) in [7, 11) is 0. The summed E-state index contributed by atoms with van der Waals surface area (Å²) in [5.74, 6) is -1.81. The first-order valence-electron chi connectivity index (χ1n) is 13.7. The van der Waals surface area contributed by atoms with Crippen LogP contribution in [0.4, 0.5) is 0 Å². The third-order valence-corrected chi connectivity index (χ3v) is 8.71. The zero-order valence-corrected chi connectivity index (χ0v) is 22.6. The summed E-state index contributed by atoms with van der Waals surface area (Å²) in [6.07, 6.45) is 9.83. The van der Waals surface area contributed by atoms with Crippen molar-refractivity contribution >= 4 is 5.97 Å². The molecule has 2 unspecified atom stereocenters. The van der Waals surface area contributed by atoms with Crippen LogP contribution in [0.25, 0.3) is 0 Å². The third kappa shape index (κ3) is 5.73. The van der Waals surface area contributed by atoms with Gasteiger partial charge in [-0.05, 0) is 31.8 Å². The Labute approximate surface area is 211 Å². The minimum Gasteiger partial charge on any atom is -0.509 e. The fourth-order valence-electron chi connectivity index (χ4n) is 6.39. The zero-order chi connectivity index (χ0) is 26.4. The van der Waals surface area contributed by atoms with Gasteiger partial charge < -0.3 is 30.3 Å². The quantitative estimate of drug-likeness (QED) is 0.145. The number of hydrogen-bond acceptors (Lipinski definition) is 6. The first-order chi connectivity index (χ1) is 16.4. The van der Waals surface area contributed by atoms with Crippen molar-refractivity contribution in [2.45, 2.75) is 148 Å². The average Bonchev–Trinajstić information content (AvgIpc) is 3.12. The fourth-order valence-corrected chi connectivity index (χ4v) is 6.39. The molecular weight excluding hydrogens is 448 g/mol. The van der Waals surface area contributed by atoms with Crippen molar-refractivity contribution in [3.63, 3.8) is 0 Å². The van der Waals surface area contributed by atoms with Crippen molar-refractivity contribution in [3.05, 3.63) is 11.3 Å². The summed E-state index contributed by atoms with van der Waals surface area (Å²) in [6.45, 7) is 8.71. The summed E-state index contributed by atoms with van der Waals surface area (Å²) in [5.41, 5.74) is -4.76. The fraction of sp³-hybridized carbons (Fsp3) is 0.893. The first kappa shape index (κ1) is 30.1. The molecule has 2 aliphatic rings. The zero-order valence-electron chi connectivity index (χ0n) is 22.6. The van der Waals surface area contributed by atoms with E-state index in [0.717, 1.165) is 19.3 Å². The molecule has 5 N–H and O–H groups in total. The van der Waals surface area contributed by atoms with Crippen molar-refractivity contribution in [1.29, 1.82) is 0 Å². The van der Waals surface area contributed by atoms with Crippen molar-refractivity contribution in [1.82, 2.24) is 0 Å². The van der Waals surface area contributed by atoms with Gasteiger partial charge in [-0.1, -0.05) is 91.4 Å². The summed E-state index contributed by atoms with van der Waals surface area (Å²) < 4.78 is 6.00. The third-order valence-electron chi connectivity index (χ3n) is 8.71. The van der Waals surface area contributed by atoms with E-state index >= 15 is 0 Å². The highest BCUT2D eigenvalue weighted by atomic mass is 16.6. The molecule has 2 rings (SSSR count). The van der Waals surface area contributed by atoms with Crippen LogP contribution in [0.1, 0.15) is 118 Å². The van der Waals surface area contributed by atoms with E-state index in [1.807, 2.05) is 0 Å². The number of aliphatic hydroxyl groups excluding tert-OH is 2. The van der Waals surface area contributed by atoms with Gasteiger partial charge in [-0.2, -0.15) is 0 Å². The molecule has 7 nitrogen and oxygen atoms in total. The maximum absolute atomic E-state index is 11.8. The van der Waals surface area contributed by atoms with Crippen LogP contribution >= 0.6 is 0 Å². The Morgan fingerprint density at radius 2 is 1.37 bits per heavy atom. The normalized spacial score (nSPS) is 32.1. The van der Waals surface area contributed by atoms with Gasteiger partial charge in [0, 0.05) is 5.41 Å². The predicted molar refractivity (Wildman–Crippen MR) is 136 cm³/mol. The number of carboxylic acids is 1. The van der Waals surface area contributed by atoms with Crippen LogP contribution in [0.2, 0.25) is 0 Å². The van der Waals surface area contributed by atoms with Crippen LogP contribution in [0.3, 0.4) is 0 Å². The van der Waals surface area contributed by atoms with Crippen molar-refractivity contribution in [3.8, 4) is 0 Å². The number of allylic oxidation sites excluding steroid dienone is 1. The number of rotatable bonds is 16. The molecule has 1 aliphatic heterocycles. The Morgan fingerprint density at radius 1 is 0.886 bits per heavy atom. The minimum atomic E-state index is -1.97. The molecule has 0 aromatic rings. The Bertz CT molecular complexity index is 729. The van der Waals surface area contributed by atoms with Crippen molar-refractivity contribution in [2.75, 3.05) is 0 Å². The van der Waals surface area contributed by atoms with E-state index in [-0.39, 0.29) is 12.2 Å². The molecule has 2 fully saturated rings. The van der Waals surface area contributed by atoms with E-state index in [1.54, 1.807) is 27.7 Å². The standard InChI is InChI=1S/C28H50O7/c1-6-7-8-9-10-11-12-13-14-15-16-17-20(18-21(29)30)24-28(34)23(32)25(35-24)27(33,26(28,4)5)22(31)19(2)3/h20,23-25,31-34H,6-18H2,1-5H3,(H,29,30)/t20?,23-,24?,25-,27+,28+/m0/s1. The molecule has 2 bridgehead atoms. The van der Waals surface area contributed by atoms with Gasteiger partial charge in [0.1, 0.15) is 23.6 Å². The van der Waals surface area contributed by atoms with E-state index in [9.17, 15) is 30.3 Å². The molecule has 0 radical (unpaired) electrons. The van der Waals surface area contributed by atoms with Gasteiger partial charge >= 0.3 is 5.97 Å². The molecule has 0 amide bonds. The second-order valence-electron chi connectivity index (χ2n) is 11.7. The topological polar surface area (TPSA) is 127 Å². The number of ether oxygens (including phenoxy) is 1. The molecule has 1 saturated carbocycles. The van der Waals surface area contributed by atoms with Gasteiger partial charge in [-0.15, -0.1) is 0 Å². The number of aliphatic carboxylic acids is 1. The monoisotopic (exact) mass is 498 g/mol. The molecule has 6 atom stereocenters. The number of aliphatic hydroxyl groups is 4. The van der Waals surface area contributed by atoms with E-state index in [0.29, 0.717) is 12.0 Å². The summed E-state index contributed by atoms with van der Waals surface area (Å²) in [5, 5.41) is 54.5. The molecule has 0 spiro atoms. The Morgan fingerprint density at radius 3 is 1.80 bits per heavy atom. The maximum atomic E-state index is 11.8. The Balaban J connectivity index is 1.97. The first-order valence-corrected chi connectivity index (χ1v) is 13.7. The number of carbonyl (C=O) groups is 1. The maximum Gasteiger partial charge on any atom is 0.303 e. The number of carboxylic acid groups (broad SMARTS) is 1. The molecule has 0 aromatic carbocycles. The molecule has 0 aromatic heterocycles. The average molecular weight is 499 g/mol. The molecule has 1 aliphatic carbocycles. The Hall–Kier alpha value is -1.15. The van der Waals surface area contributed by atoms with Crippen molar-refractivity contribution in [2.24, 2.45) is 11.3 Å². The van der Waals surface area contributed by atoms with Gasteiger partial charge in [0.15, 0.2) is 5.60 Å². The molecule has 1 heterocycles. The van der Waals surface area contributed by atoms with E-state index in [1.165, 1.54) is 51.4 Å². The molecule has 1 saturated heterocycles. The summed E-state index contributed by atoms with van der Waals surface area (Å²) >= 11 is 0. The lowest BCUT2D eigenvalue weighted by Gasteiger charge is -2.52. The summed E-state index contributed by atoms with van der Waals surface area (Å²) in [4.78, 5) is 11.6. The molecule has 7 heteroatoms. The number of unbranched alkanes of at least 4 members (excludes halogenated alkanes) is 10. The highest BCUT2D eigenvalue weighted by Crippen LogP contribution is 2.64. The van der Waals surface area contributed by atoms with E-state index in [2.05, 4.69) is 6.92 Å². The Kier molecular flexibility index (Phi) is 10.7. The van der Waals surface area contributed by atoms with Crippen LogP contribution < -0.4 is 0 Å². The van der Waals surface area contributed by atoms with Crippen LogP contribution in [0.5, 0.6) is 0 Å². The summed E-state index contributed by atoms with van der Waals surface area (Å²) in [6, 6.07) is 0. The van der Waals surface area contributed by atoms with Gasteiger partial charge in [-0.3, -0.25) is 4.79 Å². The van der Waals surface area contributed by atoms with Gasteiger partial charge in [0.05, 0.1) is 12.5 Å². The second kappa shape index (κ2) is 12.4. The predicted octanol–water partition coefficient (Wildman–Crippen LogP) is 5.26. The largest absolute Gasteiger partial charge is 0.509 e. The number of hydrogen-bond donors (Lipinski definition) is 5. The van der Waals surface area contributed by atoms with Gasteiger partial charge in [0.25, 0.3) is 0 Å². The molecular formula is C28H50O7. The highest BCUT2D eigenvalue weighted by molar-refractivity contribution is 5.67. The lowest BCUT2D eigenvalue weighted by molar-refractivity contribution is -0.255. The van der Waals surface area contributed by atoms with Crippen LogP contribution in [0, 0.1) is 11.3 Å². The minimum absolute atomic E-state index is 0.187. The number of fused-ring (bicyclic) bond motifs is 2. The van der Waals surface area contributed by atoms with Crippen LogP contribution in [0.15, 0.2) is 11.3 Å². The van der Waals surface area contributed by atoms with Gasteiger partial charge in [-0.25, -0.2) is 0 Å². The van der Waals surface area contributed by atoms with Crippen molar-refractivity contribution < 1.29 is 35.1 Å². The smallest absolute Gasteiger partial charge is 0.303 e. The lowest BCUT2D eigenvalue weighted by atomic mass is 9.62. The SMILES string of the molecule is CCCCCCCCCCCCCC(CC(=O)O)C1O[C@H]2[C@H](O)[C@]1(O)C(C)(C)[C@@]2(O)C(O)=C(C)C. The van der Waals surface area contributed by atoms with Crippen LogP contribution in [-0.2, 0) is 9.53 Å². The highest BCUT2D eigenvalue weighted by Gasteiger charge is 2.81. The van der Waals surface area contributed by atoms with Gasteiger partial charge in [0.2, 0.25) is 0 Å². The molecule has 204 valence electrons. The van der Waals surface area contributed by atoms with E-state index in [4.69, 9.17) is 4.74 Å². The second-order valence-corrected chi connectivity index (χ2v) is 11.7.